The van der Waals surface area contributed by atoms with Crippen LogP contribution in [0.25, 0.3) is 5.69 Å². The van der Waals surface area contributed by atoms with Gasteiger partial charge in [0.25, 0.3) is 11.8 Å². The molecule has 2 heterocycles. The molecule has 0 atom stereocenters. The fraction of sp³-hybridized carbons (Fsp3) is 0.111. The average Bonchev–Trinajstić information content (AvgIpc) is 3.26. The van der Waals surface area contributed by atoms with Gasteiger partial charge in [-0.1, -0.05) is 23.7 Å². The molecular formula is C27H18ClF4N3O2. The van der Waals surface area contributed by atoms with E-state index in [1.165, 1.54) is 18.2 Å². The molecular weight excluding hydrogens is 510 g/mol. The predicted molar refractivity (Wildman–Crippen MR) is 132 cm³/mol. The molecule has 0 fully saturated rings. The van der Waals surface area contributed by atoms with E-state index in [9.17, 15) is 27.2 Å². The van der Waals surface area contributed by atoms with Crippen molar-refractivity contribution in [1.82, 2.24) is 4.57 Å². The van der Waals surface area contributed by atoms with E-state index in [2.05, 4.69) is 5.32 Å². The second-order valence-electron chi connectivity index (χ2n) is 8.40. The van der Waals surface area contributed by atoms with E-state index in [0.717, 1.165) is 23.5 Å². The van der Waals surface area contributed by atoms with Crippen LogP contribution in [-0.4, -0.2) is 22.9 Å². The molecule has 0 unspecified atom stereocenters. The second-order valence-corrected chi connectivity index (χ2v) is 8.81. The van der Waals surface area contributed by atoms with Gasteiger partial charge in [0, 0.05) is 30.5 Å². The molecule has 0 aliphatic carbocycles. The van der Waals surface area contributed by atoms with Crippen LogP contribution in [0.2, 0.25) is 5.02 Å². The molecule has 0 spiro atoms. The van der Waals surface area contributed by atoms with Gasteiger partial charge in [-0.25, -0.2) is 4.39 Å². The van der Waals surface area contributed by atoms with E-state index in [-0.39, 0.29) is 28.2 Å². The number of aromatic nitrogens is 1. The normalized spacial score (nSPS) is 12.9. The number of benzene rings is 3. The van der Waals surface area contributed by atoms with Crippen LogP contribution in [0.4, 0.5) is 28.9 Å². The Labute approximate surface area is 213 Å². The van der Waals surface area contributed by atoms with Gasteiger partial charge >= 0.3 is 6.18 Å². The average molecular weight is 528 g/mol. The molecule has 1 aromatic heterocycles. The smallest absolute Gasteiger partial charge is 0.322 e. The Morgan fingerprint density at radius 2 is 1.62 bits per heavy atom. The summed E-state index contributed by atoms with van der Waals surface area (Å²) in [4.78, 5) is 27.7. The van der Waals surface area contributed by atoms with E-state index in [0.29, 0.717) is 18.7 Å². The third-order valence-electron chi connectivity index (χ3n) is 6.09. The van der Waals surface area contributed by atoms with Crippen molar-refractivity contribution in [2.75, 3.05) is 16.8 Å². The summed E-state index contributed by atoms with van der Waals surface area (Å²) >= 11 is 6.40. The highest BCUT2D eigenvalue weighted by Gasteiger charge is 2.36. The Hall–Kier alpha value is -4.11. The third kappa shape index (κ3) is 4.70. The number of nitrogens with zero attached hydrogens (tertiary/aromatic N) is 2. The highest BCUT2D eigenvalue weighted by molar-refractivity contribution is 6.35. The number of alkyl halides is 3. The maximum absolute atomic E-state index is 13.5. The minimum absolute atomic E-state index is 0.0132. The lowest BCUT2D eigenvalue weighted by Crippen LogP contribution is -2.32. The van der Waals surface area contributed by atoms with Crippen LogP contribution in [-0.2, 0) is 12.6 Å². The molecule has 5 rings (SSSR count). The van der Waals surface area contributed by atoms with E-state index in [1.807, 2.05) is 47.2 Å². The number of fused-ring (bicyclic) bond motifs is 3. The largest absolute Gasteiger partial charge is 0.417 e. The van der Waals surface area contributed by atoms with E-state index >= 15 is 0 Å². The van der Waals surface area contributed by atoms with Crippen LogP contribution in [0, 0.1) is 5.82 Å². The Balaban J connectivity index is 1.41. The molecule has 5 nitrogen and oxygen atoms in total. The van der Waals surface area contributed by atoms with Gasteiger partial charge in [-0.3, -0.25) is 9.59 Å². The van der Waals surface area contributed by atoms with Crippen molar-refractivity contribution in [3.63, 3.8) is 0 Å². The molecule has 1 N–H and O–H groups in total. The minimum Gasteiger partial charge on any atom is -0.322 e. The minimum atomic E-state index is -4.92. The molecule has 2 amide bonds. The first-order valence-corrected chi connectivity index (χ1v) is 11.6. The number of para-hydroxylation sites is 2. The van der Waals surface area contributed by atoms with Gasteiger partial charge in [-0.2, -0.15) is 13.2 Å². The summed E-state index contributed by atoms with van der Waals surface area (Å²) in [6.45, 7) is 0.402. The molecule has 0 saturated heterocycles. The zero-order chi connectivity index (χ0) is 26.3. The number of hydrogen-bond acceptors (Lipinski definition) is 2. The number of carbonyl (C=O) groups excluding carboxylic acids is 2. The van der Waals surface area contributed by atoms with Gasteiger partial charge in [0.2, 0.25) is 0 Å². The van der Waals surface area contributed by atoms with Crippen molar-refractivity contribution in [1.29, 1.82) is 0 Å². The van der Waals surface area contributed by atoms with Crippen LogP contribution in [0.3, 0.4) is 0 Å². The van der Waals surface area contributed by atoms with E-state index < -0.39 is 29.0 Å². The third-order valence-corrected chi connectivity index (χ3v) is 6.40. The number of nitrogens with one attached hydrogen (secondary N) is 1. The quantitative estimate of drug-likeness (QED) is 0.300. The van der Waals surface area contributed by atoms with Crippen LogP contribution < -0.4 is 10.2 Å². The summed E-state index contributed by atoms with van der Waals surface area (Å²) in [5.74, 6) is -2.57. The first-order chi connectivity index (χ1) is 17.6. The molecule has 1 aliphatic heterocycles. The van der Waals surface area contributed by atoms with Gasteiger partial charge in [0.05, 0.1) is 33.1 Å². The molecule has 0 saturated carbocycles. The molecule has 37 heavy (non-hydrogen) atoms. The summed E-state index contributed by atoms with van der Waals surface area (Å²) in [6, 6.07) is 17.3. The zero-order valence-corrected chi connectivity index (χ0v) is 19.8. The Morgan fingerprint density at radius 1 is 0.892 bits per heavy atom. The predicted octanol–water partition coefficient (Wildman–Crippen LogP) is 6.74. The van der Waals surface area contributed by atoms with Gasteiger partial charge in [0.15, 0.2) is 0 Å². The SMILES string of the molecule is O=C(Nc1ccc(C(=O)N2CCc3cccn3-c3ccccc32)c(Cl)c1)c1ccc(F)cc1C(F)(F)F. The van der Waals surface area contributed by atoms with Crippen LogP contribution >= 0.6 is 11.6 Å². The number of carbonyl (C=O) groups is 2. The van der Waals surface area contributed by atoms with Crippen molar-refractivity contribution in [2.24, 2.45) is 0 Å². The summed E-state index contributed by atoms with van der Waals surface area (Å²) in [5, 5.41) is 2.35. The van der Waals surface area contributed by atoms with Crippen LogP contribution in [0.1, 0.15) is 32.0 Å². The van der Waals surface area contributed by atoms with E-state index in [4.69, 9.17) is 11.6 Å². The first-order valence-electron chi connectivity index (χ1n) is 11.2. The molecule has 0 bridgehead atoms. The van der Waals surface area contributed by atoms with Gasteiger partial charge in [0.1, 0.15) is 5.82 Å². The monoisotopic (exact) mass is 527 g/mol. The molecule has 4 aromatic rings. The number of hydrogen-bond donors (Lipinski definition) is 1. The standard InChI is InChI=1S/C27H18ClF4N3O2/c28-22-15-17(33-25(36)19-9-7-16(29)14-21(19)27(30,31)32)8-10-20(22)26(37)35-13-11-18-4-3-12-34(18)23-5-1-2-6-24(23)35/h1-10,12,14-15H,11,13H2,(H,33,36). The highest BCUT2D eigenvalue weighted by atomic mass is 35.5. The molecule has 10 heteroatoms. The second kappa shape index (κ2) is 9.40. The molecule has 1 aliphatic rings. The number of amides is 2. The maximum atomic E-state index is 13.5. The van der Waals surface area contributed by atoms with Crippen LogP contribution in [0.5, 0.6) is 0 Å². The topological polar surface area (TPSA) is 54.3 Å². The number of halogens is 5. The summed E-state index contributed by atoms with van der Waals surface area (Å²) in [6.07, 6.45) is -2.39. The lowest BCUT2D eigenvalue weighted by atomic mass is 10.1. The lowest BCUT2D eigenvalue weighted by molar-refractivity contribution is -0.138. The number of anilines is 2. The number of rotatable bonds is 3. The van der Waals surface area contributed by atoms with E-state index in [1.54, 1.807) is 4.90 Å². The molecule has 3 aromatic carbocycles. The Bertz CT molecular complexity index is 1530. The summed E-state index contributed by atoms with van der Waals surface area (Å²) in [5.41, 5.74) is 0.699. The van der Waals surface area contributed by atoms with Crippen molar-refractivity contribution < 1.29 is 27.2 Å². The zero-order valence-electron chi connectivity index (χ0n) is 19.0. The highest BCUT2D eigenvalue weighted by Crippen LogP contribution is 2.34. The molecule has 0 radical (unpaired) electrons. The molecule has 188 valence electrons. The van der Waals surface area contributed by atoms with Gasteiger partial charge in [-0.15, -0.1) is 0 Å². The maximum Gasteiger partial charge on any atom is 0.417 e. The van der Waals surface area contributed by atoms with Gasteiger partial charge < -0.3 is 14.8 Å². The van der Waals surface area contributed by atoms with Crippen molar-refractivity contribution in [3.8, 4) is 5.69 Å². The summed E-state index contributed by atoms with van der Waals surface area (Å²) in [7, 11) is 0. The van der Waals surface area contributed by atoms with Gasteiger partial charge in [-0.05, 0) is 60.7 Å². The fourth-order valence-electron chi connectivity index (χ4n) is 4.37. The lowest BCUT2D eigenvalue weighted by Gasteiger charge is -2.23. The summed E-state index contributed by atoms with van der Waals surface area (Å²) < 4.78 is 55.3. The van der Waals surface area contributed by atoms with Crippen molar-refractivity contribution in [3.05, 3.63) is 112 Å². The fourth-order valence-corrected chi connectivity index (χ4v) is 4.63. The first kappa shape index (κ1) is 24.6. The Kier molecular flexibility index (Phi) is 6.25. The van der Waals surface area contributed by atoms with Crippen LogP contribution in [0.15, 0.2) is 79.0 Å². The van der Waals surface area contributed by atoms with Crippen molar-refractivity contribution >= 4 is 34.8 Å². The Morgan fingerprint density at radius 3 is 2.35 bits per heavy atom. The van der Waals surface area contributed by atoms with Crippen molar-refractivity contribution in [2.45, 2.75) is 12.6 Å².